The number of para-hydroxylation sites is 1. The van der Waals surface area contributed by atoms with E-state index in [0.717, 1.165) is 0 Å². The zero-order valence-corrected chi connectivity index (χ0v) is 33.3. The Labute approximate surface area is 354 Å². The normalized spacial score (nSPS) is 17.6. The van der Waals surface area contributed by atoms with E-state index in [9.17, 15) is 0 Å². The van der Waals surface area contributed by atoms with Crippen molar-refractivity contribution < 1.29 is 0 Å². The van der Waals surface area contributed by atoms with Gasteiger partial charge in [-0.15, -0.1) is 0 Å². The Balaban J connectivity index is 1.01. The van der Waals surface area contributed by atoms with Gasteiger partial charge in [0.1, 0.15) is 0 Å². The lowest BCUT2D eigenvalue weighted by Crippen LogP contribution is -2.43. The number of rotatable bonds is 3. The Morgan fingerprint density at radius 3 is 1.70 bits per heavy atom. The van der Waals surface area contributed by atoms with Gasteiger partial charge in [-0.3, -0.25) is 0 Å². The van der Waals surface area contributed by atoms with Gasteiger partial charge >= 0.3 is 0 Å². The molecule has 1 heterocycles. The van der Waals surface area contributed by atoms with Crippen molar-refractivity contribution in [1.29, 1.82) is 0 Å². The van der Waals surface area contributed by atoms with Crippen LogP contribution in [0, 0.1) is 0 Å². The zero-order valence-electron chi connectivity index (χ0n) is 33.3. The predicted molar refractivity (Wildman–Crippen MR) is 252 cm³/mol. The number of hydrogen-bond donors (Lipinski definition) is 0. The summed E-state index contributed by atoms with van der Waals surface area (Å²) in [5, 5.41) is 5.02. The highest BCUT2D eigenvalue weighted by Crippen LogP contribution is 2.68. The topological polar surface area (TPSA) is 4.93 Å². The van der Waals surface area contributed by atoms with Crippen LogP contribution in [0.15, 0.2) is 224 Å². The molecular weight excluding hydrogens is 735 g/mol. The Morgan fingerprint density at radius 1 is 0.295 bits per heavy atom. The van der Waals surface area contributed by atoms with Crippen molar-refractivity contribution in [1.82, 2.24) is 4.57 Å². The van der Waals surface area contributed by atoms with E-state index in [-0.39, 0.29) is 0 Å². The molecule has 14 rings (SSSR count). The standard InChI is InChI=1S/C60H37N/c1-2-17-42(18-3-1)59-50-23-9-6-19-44(50)47-22-14-27-55(58(47)59)60(54-26-12-11-25-53(54)59)51-24-10-7-20-45(51)48-36-40(30-33-52(48)60)41-31-34-57-49(37-41)46-21-8-13-28-56(46)61(57)43-32-29-38-15-4-5-16-39(38)35-43/h1-37H. The highest BCUT2D eigenvalue weighted by atomic mass is 15.0. The summed E-state index contributed by atoms with van der Waals surface area (Å²) >= 11 is 0. The number of fused-ring (bicyclic) bond motifs is 16. The summed E-state index contributed by atoms with van der Waals surface area (Å²) in [6, 6.07) is 84.7. The third kappa shape index (κ3) is 4.06. The maximum Gasteiger partial charge on any atom is 0.0720 e. The van der Waals surface area contributed by atoms with Crippen molar-refractivity contribution in [2.45, 2.75) is 10.8 Å². The fourth-order valence-electron chi connectivity index (χ4n) is 12.2. The lowest BCUT2D eigenvalue weighted by molar-refractivity contribution is 0.636. The molecule has 11 aromatic rings. The first kappa shape index (κ1) is 33.1. The fraction of sp³-hybridized carbons (Fsp3) is 0.0333. The second-order valence-corrected chi connectivity index (χ2v) is 17.1. The van der Waals surface area contributed by atoms with Gasteiger partial charge in [-0.2, -0.15) is 0 Å². The van der Waals surface area contributed by atoms with Gasteiger partial charge in [0.2, 0.25) is 0 Å². The van der Waals surface area contributed by atoms with E-state index in [4.69, 9.17) is 0 Å². The minimum atomic E-state index is -0.496. The highest BCUT2D eigenvalue weighted by Gasteiger charge is 2.59. The van der Waals surface area contributed by atoms with E-state index in [0.29, 0.717) is 0 Å². The van der Waals surface area contributed by atoms with E-state index < -0.39 is 10.8 Å². The third-order valence-electron chi connectivity index (χ3n) is 14.4. The molecule has 10 aromatic carbocycles. The van der Waals surface area contributed by atoms with Crippen LogP contribution in [-0.4, -0.2) is 4.57 Å². The van der Waals surface area contributed by atoms with Crippen LogP contribution in [0.2, 0.25) is 0 Å². The second kappa shape index (κ2) is 11.9. The molecule has 1 aromatic heterocycles. The van der Waals surface area contributed by atoms with E-state index in [2.05, 4.69) is 229 Å². The molecular formula is C60H37N. The smallest absolute Gasteiger partial charge is 0.0720 e. The Kier molecular flexibility index (Phi) is 6.48. The van der Waals surface area contributed by atoms with Gasteiger partial charge in [-0.05, 0) is 125 Å². The van der Waals surface area contributed by atoms with Crippen molar-refractivity contribution in [3.63, 3.8) is 0 Å². The number of aromatic nitrogens is 1. The Bertz CT molecular complexity index is 3660. The Hall–Kier alpha value is -7.74. The summed E-state index contributed by atoms with van der Waals surface area (Å²) in [6.07, 6.45) is 0. The van der Waals surface area contributed by atoms with Gasteiger partial charge in [-0.1, -0.05) is 188 Å². The van der Waals surface area contributed by atoms with Crippen LogP contribution in [0.25, 0.3) is 71.6 Å². The second-order valence-electron chi connectivity index (χ2n) is 17.1. The van der Waals surface area contributed by atoms with Crippen LogP contribution in [-0.2, 0) is 10.8 Å². The van der Waals surface area contributed by atoms with Crippen LogP contribution in [0.5, 0.6) is 0 Å². The first-order valence-corrected chi connectivity index (χ1v) is 21.4. The molecule has 0 saturated heterocycles. The first-order chi connectivity index (χ1) is 30.3. The molecule has 3 aliphatic carbocycles. The van der Waals surface area contributed by atoms with Gasteiger partial charge in [-0.25, -0.2) is 0 Å². The molecule has 0 radical (unpaired) electrons. The third-order valence-corrected chi connectivity index (χ3v) is 14.4. The largest absolute Gasteiger partial charge is 0.309 e. The van der Waals surface area contributed by atoms with Gasteiger partial charge < -0.3 is 4.57 Å². The minimum Gasteiger partial charge on any atom is -0.309 e. The predicted octanol–water partition coefficient (Wildman–Crippen LogP) is 14.6. The highest BCUT2D eigenvalue weighted by molar-refractivity contribution is 6.11. The van der Waals surface area contributed by atoms with Gasteiger partial charge in [0.25, 0.3) is 0 Å². The molecule has 2 atom stereocenters. The molecule has 2 unspecified atom stereocenters. The number of benzene rings is 10. The summed E-state index contributed by atoms with van der Waals surface area (Å²) in [4.78, 5) is 0. The molecule has 1 heteroatoms. The summed E-state index contributed by atoms with van der Waals surface area (Å²) < 4.78 is 2.43. The van der Waals surface area contributed by atoms with E-state index >= 15 is 0 Å². The quantitative estimate of drug-likeness (QED) is 0.169. The molecule has 1 nitrogen and oxygen atoms in total. The van der Waals surface area contributed by atoms with Crippen LogP contribution < -0.4 is 0 Å². The van der Waals surface area contributed by atoms with E-state index in [1.54, 1.807) is 0 Å². The molecule has 0 N–H and O–H groups in total. The van der Waals surface area contributed by atoms with Gasteiger partial charge in [0, 0.05) is 16.5 Å². The first-order valence-electron chi connectivity index (χ1n) is 21.4. The van der Waals surface area contributed by atoms with Crippen LogP contribution in [0.4, 0.5) is 0 Å². The molecule has 0 bridgehead atoms. The SMILES string of the molecule is c1ccc(C23c4ccccc4-c4cccc(c42)C2(c4ccccc4-c4cc(-c5ccc6c(c5)c5ccccc5n6-c5ccc6ccccc6c5)ccc42)c2ccccc23)cc1. The van der Waals surface area contributed by atoms with Crippen molar-refractivity contribution in [2.75, 3.05) is 0 Å². The lowest BCUT2D eigenvalue weighted by Gasteiger charge is -2.48. The van der Waals surface area contributed by atoms with Crippen LogP contribution in [0.3, 0.4) is 0 Å². The van der Waals surface area contributed by atoms with Crippen molar-refractivity contribution in [2.24, 2.45) is 0 Å². The van der Waals surface area contributed by atoms with Crippen LogP contribution >= 0.6 is 0 Å². The minimum absolute atomic E-state index is 0.440. The number of hydrogen-bond acceptors (Lipinski definition) is 0. The van der Waals surface area contributed by atoms with Crippen molar-refractivity contribution in [3.8, 4) is 39.1 Å². The van der Waals surface area contributed by atoms with Crippen LogP contribution in [0.1, 0.15) is 44.5 Å². The molecule has 61 heavy (non-hydrogen) atoms. The van der Waals surface area contributed by atoms with Crippen molar-refractivity contribution >= 4 is 32.6 Å². The average molecular weight is 772 g/mol. The molecule has 0 saturated carbocycles. The molecule has 282 valence electrons. The average Bonchev–Trinajstić information content (AvgIpc) is 3.94. The maximum absolute atomic E-state index is 2.48. The lowest BCUT2D eigenvalue weighted by atomic mass is 9.52. The summed E-state index contributed by atoms with van der Waals surface area (Å²) in [5.74, 6) is 0. The summed E-state index contributed by atoms with van der Waals surface area (Å²) in [7, 11) is 0. The van der Waals surface area contributed by atoms with Crippen molar-refractivity contribution in [3.05, 3.63) is 269 Å². The fourth-order valence-corrected chi connectivity index (χ4v) is 12.2. The molecule has 1 spiro atoms. The summed E-state index contributed by atoms with van der Waals surface area (Å²) in [5.41, 5.74) is 21.3. The molecule has 0 aliphatic heterocycles. The summed E-state index contributed by atoms with van der Waals surface area (Å²) in [6.45, 7) is 0. The van der Waals surface area contributed by atoms with Gasteiger partial charge in [0.15, 0.2) is 0 Å². The van der Waals surface area contributed by atoms with Gasteiger partial charge in [0.05, 0.1) is 21.9 Å². The molecule has 0 amide bonds. The van der Waals surface area contributed by atoms with E-state index in [1.807, 2.05) is 0 Å². The number of nitrogens with zero attached hydrogens (tertiary/aromatic N) is 1. The molecule has 3 aliphatic rings. The monoisotopic (exact) mass is 771 g/mol. The van der Waals surface area contributed by atoms with E-state index in [1.165, 1.54) is 116 Å². The Morgan fingerprint density at radius 2 is 0.869 bits per heavy atom. The molecule has 0 fully saturated rings. The zero-order chi connectivity index (χ0) is 39.9. The maximum atomic E-state index is 2.48.